The molecule has 5 nitrogen and oxygen atoms in total. The number of aliphatic carboxylic acids is 1. The molecule has 19 heavy (non-hydrogen) atoms. The molecule has 0 spiro atoms. The predicted molar refractivity (Wildman–Crippen MR) is 73.1 cm³/mol. The van der Waals surface area contributed by atoms with Crippen LogP contribution in [0, 0.1) is 12.3 Å². The summed E-state index contributed by atoms with van der Waals surface area (Å²) in [5.74, 6) is 1.18. The average molecular weight is 326 g/mol. The molecule has 0 aliphatic rings. The van der Waals surface area contributed by atoms with E-state index in [1.54, 1.807) is 12.1 Å². The number of carbonyl (C=O) groups is 2. The zero-order chi connectivity index (χ0) is 14.4. The Hall–Kier alpha value is -2.00. The molecule has 0 unspecified atom stereocenters. The molecule has 1 aromatic rings. The van der Waals surface area contributed by atoms with Crippen LogP contribution in [-0.4, -0.2) is 42.1 Å². The van der Waals surface area contributed by atoms with Crippen LogP contribution >= 0.6 is 15.9 Å². The summed E-state index contributed by atoms with van der Waals surface area (Å²) in [7, 11) is 1.48. The van der Waals surface area contributed by atoms with Gasteiger partial charge in [0.25, 0.3) is 5.91 Å². The Kier molecular flexibility index (Phi) is 5.39. The molecule has 0 heterocycles. The van der Waals surface area contributed by atoms with Gasteiger partial charge in [0.2, 0.25) is 0 Å². The summed E-state index contributed by atoms with van der Waals surface area (Å²) in [6.07, 6.45) is 5.14. The molecule has 0 fully saturated rings. The van der Waals surface area contributed by atoms with Gasteiger partial charge < -0.3 is 14.7 Å². The lowest BCUT2D eigenvalue weighted by Crippen LogP contribution is -2.36. The minimum atomic E-state index is -1.12. The topological polar surface area (TPSA) is 66.8 Å². The Labute approximate surface area is 119 Å². The van der Waals surface area contributed by atoms with Crippen molar-refractivity contribution in [3.8, 4) is 18.1 Å². The Morgan fingerprint density at radius 2 is 2.21 bits per heavy atom. The van der Waals surface area contributed by atoms with Gasteiger partial charge >= 0.3 is 5.97 Å². The van der Waals surface area contributed by atoms with Crippen LogP contribution in [0.15, 0.2) is 22.7 Å². The van der Waals surface area contributed by atoms with Crippen LogP contribution in [0.25, 0.3) is 0 Å². The van der Waals surface area contributed by atoms with E-state index in [1.165, 1.54) is 13.2 Å². The first kappa shape index (κ1) is 15.1. The summed E-state index contributed by atoms with van der Waals surface area (Å²) in [5, 5.41) is 8.78. The molecule has 1 rings (SSSR count). The van der Waals surface area contributed by atoms with Gasteiger partial charge in [0.15, 0.2) is 0 Å². The quantitative estimate of drug-likeness (QED) is 0.835. The normalized spacial score (nSPS) is 9.53. The number of hydrogen-bond donors (Lipinski definition) is 1. The summed E-state index contributed by atoms with van der Waals surface area (Å²) in [4.78, 5) is 24.0. The lowest BCUT2D eigenvalue weighted by molar-refractivity contribution is -0.137. The molecule has 1 amide bonds. The van der Waals surface area contributed by atoms with Gasteiger partial charge in [0.05, 0.1) is 19.2 Å². The second-order valence-corrected chi connectivity index (χ2v) is 4.46. The van der Waals surface area contributed by atoms with Gasteiger partial charge in [-0.3, -0.25) is 9.59 Å². The Morgan fingerprint density at radius 1 is 1.53 bits per heavy atom. The molecular formula is C13H12BrNO4. The highest BCUT2D eigenvalue weighted by Gasteiger charge is 2.20. The zero-order valence-corrected chi connectivity index (χ0v) is 11.8. The van der Waals surface area contributed by atoms with Crippen molar-refractivity contribution in [2.75, 3.05) is 20.2 Å². The van der Waals surface area contributed by atoms with Crippen LogP contribution in [-0.2, 0) is 4.79 Å². The largest absolute Gasteiger partial charge is 0.497 e. The van der Waals surface area contributed by atoms with Crippen molar-refractivity contribution in [2.45, 2.75) is 0 Å². The third-order valence-electron chi connectivity index (χ3n) is 2.30. The maximum atomic E-state index is 12.2. The van der Waals surface area contributed by atoms with Gasteiger partial charge in [0.1, 0.15) is 12.3 Å². The fourth-order valence-electron chi connectivity index (χ4n) is 1.44. The van der Waals surface area contributed by atoms with E-state index in [4.69, 9.17) is 16.3 Å². The first-order valence-electron chi connectivity index (χ1n) is 5.27. The van der Waals surface area contributed by atoms with Gasteiger partial charge in [-0.15, -0.1) is 6.42 Å². The third-order valence-corrected chi connectivity index (χ3v) is 2.99. The Bertz CT molecular complexity index is 536. The molecule has 0 radical (unpaired) electrons. The second-order valence-electron chi connectivity index (χ2n) is 3.60. The number of carboxylic acids is 1. The van der Waals surface area contributed by atoms with E-state index in [9.17, 15) is 9.59 Å². The molecule has 6 heteroatoms. The standard InChI is InChI=1S/C13H12BrNO4/c1-3-6-15(8-12(16)17)13(18)10-7-9(19-2)4-5-11(10)14/h1,4-5,7H,6,8H2,2H3,(H,16,17). The van der Waals surface area contributed by atoms with Crippen molar-refractivity contribution in [3.63, 3.8) is 0 Å². The number of terminal acetylenes is 1. The number of ether oxygens (including phenoxy) is 1. The second kappa shape index (κ2) is 6.81. The molecular weight excluding hydrogens is 314 g/mol. The van der Waals surface area contributed by atoms with Crippen molar-refractivity contribution >= 4 is 27.8 Å². The van der Waals surface area contributed by atoms with Crippen molar-refractivity contribution < 1.29 is 19.4 Å². The van der Waals surface area contributed by atoms with Gasteiger partial charge in [0, 0.05) is 4.47 Å². The number of halogens is 1. The van der Waals surface area contributed by atoms with E-state index in [-0.39, 0.29) is 6.54 Å². The van der Waals surface area contributed by atoms with Gasteiger partial charge in [-0.1, -0.05) is 5.92 Å². The number of carboxylic acid groups (broad SMARTS) is 1. The number of benzene rings is 1. The fourth-order valence-corrected chi connectivity index (χ4v) is 1.85. The van der Waals surface area contributed by atoms with E-state index >= 15 is 0 Å². The number of hydrogen-bond acceptors (Lipinski definition) is 3. The summed E-state index contributed by atoms with van der Waals surface area (Å²) >= 11 is 3.24. The van der Waals surface area contributed by atoms with Crippen molar-refractivity contribution in [3.05, 3.63) is 28.2 Å². The minimum Gasteiger partial charge on any atom is -0.497 e. The van der Waals surface area contributed by atoms with Gasteiger partial charge in [-0.25, -0.2) is 0 Å². The van der Waals surface area contributed by atoms with Crippen LogP contribution in [0.3, 0.4) is 0 Å². The highest BCUT2D eigenvalue weighted by Crippen LogP contribution is 2.23. The van der Waals surface area contributed by atoms with Crippen LogP contribution in [0.5, 0.6) is 5.75 Å². The first-order chi connectivity index (χ1) is 8.99. The summed E-state index contributed by atoms with van der Waals surface area (Å²) in [5.41, 5.74) is 0.302. The number of methoxy groups -OCH3 is 1. The van der Waals surface area contributed by atoms with Gasteiger partial charge in [-0.2, -0.15) is 0 Å². The van der Waals surface area contributed by atoms with Crippen molar-refractivity contribution in [2.24, 2.45) is 0 Å². The molecule has 0 aliphatic heterocycles. The first-order valence-corrected chi connectivity index (χ1v) is 6.07. The molecule has 0 aliphatic carbocycles. The smallest absolute Gasteiger partial charge is 0.323 e. The van der Waals surface area contributed by atoms with Crippen LogP contribution in [0.2, 0.25) is 0 Å². The Morgan fingerprint density at radius 3 is 2.74 bits per heavy atom. The van der Waals surface area contributed by atoms with E-state index in [0.29, 0.717) is 15.8 Å². The molecule has 0 atom stereocenters. The van der Waals surface area contributed by atoms with Crippen LogP contribution in [0.4, 0.5) is 0 Å². The average Bonchev–Trinajstić information content (AvgIpc) is 2.37. The van der Waals surface area contributed by atoms with E-state index in [2.05, 4.69) is 21.9 Å². The third kappa shape index (κ3) is 4.00. The number of carbonyl (C=O) groups excluding carboxylic acids is 1. The fraction of sp³-hybridized carbons (Fsp3) is 0.231. The highest BCUT2D eigenvalue weighted by atomic mass is 79.9. The van der Waals surface area contributed by atoms with Crippen molar-refractivity contribution in [1.82, 2.24) is 4.90 Å². The SMILES string of the molecule is C#CCN(CC(=O)O)C(=O)c1cc(OC)ccc1Br. The van der Waals surface area contributed by atoms with E-state index in [1.807, 2.05) is 0 Å². The highest BCUT2D eigenvalue weighted by molar-refractivity contribution is 9.10. The number of nitrogens with zero attached hydrogens (tertiary/aromatic N) is 1. The molecule has 0 aromatic heterocycles. The maximum absolute atomic E-state index is 12.2. The van der Waals surface area contributed by atoms with E-state index < -0.39 is 18.4 Å². The van der Waals surface area contributed by atoms with Crippen molar-refractivity contribution in [1.29, 1.82) is 0 Å². The molecule has 100 valence electrons. The van der Waals surface area contributed by atoms with Gasteiger partial charge in [-0.05, 0) is 34.1 Å². The summed E-state index contributed by atoms with van der Waals surface area (Å²) in [6, 6.07) is 4.86. The minimum absolute atomic E-state index is 0.0746. The number of amides is 1. The zero-order valence-electron chi connectivity index (χ0n) is 10.2. The summed E-state index contributed by atoms with van der Waals surface area (Å²) < 4.78 is 5.58. The Balaban J connectivity index is 3.08. The molecule has 1 aromatic carbocycles. The lowest BCUT2D eigenvalue weighted by atomic mass is 10.2. The van der Waals surface area contributed by atoms with Crippen LogP contribution < -0.4 is 4.74 Å². The summed E-state index contributed by atoms with van der Waals surface area (Å²) in [6.45, 7) is -0.526. The van der Waals surface area contributed by atoms with E-state index in [0.717, 1.165) is 4.90 Å². The maximum Gasteiger partial charge on any atom is 0.323 e. The predicted octanol–water partition coefficient (Wildman–Crippen LogP) is 1.62. The monoisotopic (exact) mass is 325 g/mol. The number of rotatable bonds is 5. The molecule has 1 N–H and O–H groups in total. The van der Waals surface area contributed by atoms with Crippen LogP contribution in [0.1, 0.15) is 10.4 Å². The molecule has 0 bridgehead atoms. The molecule has 0 saturated carbocycles. The molecule has 0 saturated heterocycles. The lowest BCUT2D eigenvalue weighted by Gasteiger charge is -2.19.